The second kappa shape index (κ2) is 15.7. The van der Waals surface area contributed by atoms with Crippen LogP contribution in [-0.2, 0) is 22.7 Å². The van der Waals surface area contributed by atoms with E-state index in [1.807, 2.05) is 50.5 Å². The summed E-state index contributed by atoms with van der Waals surface area (Å²) in [6, 6.07) is 25.0. The first-order valence-electron chi connectivity index (χ1n) is 19.5. The van der Waals surface area contributed by atoms with Crippen LogP contribution < -0.4 is 16.0 Å². The van der Waals surface area contributed by atoms with Crippen LogP contribution in [0.1, 0.15) is 78.8 Å². The van der Waals surface area contributed by atoms with Crippen LogP contribution in [0.3, 0.4) is 0 Å². The molecule has 2 saturated heterocycles. The Bertz CT molecular complexity index is 2410. The van der Waals surface area contributed by atoms with Crippen LogP contribution in [0.2, 0.25) is 0 Å². The van der Waals surface area contributed by atoms with E-state index < -0.39 is 11.9 Å². The molecule has 13 nitrogen and oxygen atoms in total. The van der Waals surface area contributed by atoms with Crippen molar-refractivity contribution in [2.75, 3.05) is 18.4 Å². The third kappa shape index (κ3) is 8.34. The molecule has 0 radical (unpaired) electrons. The first-order valence-corrected chi connectivity index (χ1v) is 19.5. The van der Waals surface area contributed by atoms with E-state index in [-0.39, 0.29) is 29.0 Å². The maximum Gasteiger partial charge on any atom is 0.292 e. The normalized spacial score (nSPS) is 18.1. The highest BCUT2D eigenvalue weighted by Crippen LogP contribution is 2.35. The zero-order valence-corrected chi connectivity index (χ0v) is 32.7. The number of fused-ring (bicyclic) bond motifs is 1. The Labute approximate surface area is 331 Å². The van der Waals surface area contributed by atoms with Crippen molar-refractivity contribution in [3.05, 3.63) is 120 Å². The summed E-state index contributed by atoms with van der Waals surface area (Å²) < 4.78 is 6.55. The van der Waals surface area contributed by atoms with E-state index >= 15 is 0 Å². The van der Waals surface area contributed by atoms with Crippen molar-refractivity contribution < 1.29 is 18.9 Å². The predicted molar refractivity (Wildman–Crippen MR) is 216 cm³/mol. The molecule has 2 aliphatic heterocycles. The SMILES string of the molecule is Cc1cc(-c2ncnn3cc(-c4cccc(CN5CCC(c6ccc(NC7CC(C(C)(C)C)C(=O)NC7=O)cc6)CC5)c4)cc23)ccc1CNC(=O)c1ncon1. The number of benzene rings is 3. The lowest BCUT2D eigenvalue weighted by atomic mass is 9.75. The van der Waals surface area contributed by atoms with Crippen molar-refractivity contribution in [3.8, 4) is 22.4 Å². The molecule has 5 heterocycles. The molecule has 2 fully saturated rings. The Morgan fingerprint density at radius 2 is 1.74 bits per heavy atom. The number of nitrogens with one attached hydrogen (secondary N) is 3. The molecule has 3 N–H and O–H groups in total. The van der Waals surface area contributed by atoms with Gasteiger partial charge in [-0.2, -0.15) is 10.1 Å². The van der Waals surface area contributed by atoms with Crippen LogP contribution in [0, 0.1) is 18.3 Å². The minimum atomic E-state index is -0.435. The number of piperidine rings is 2. The van der Waals surface area contributed by atoms with Crippen molar-refractivity contribution in [3.63, 3.8) is 0 Å². The van der Waals surface area contributed by atoms with Gasteiger partial charge in [-0.05, 0) is 109 Å². The summed E-state index contributed by atoms with van der Waals surface area (Å²) in [4.78, 5) is 48.3. The molecule has 2 aliphatic rings. The van der Waals surface area contributed by atoms with Gasteiger partial charge in [-0.15, -0.1) is 0 Å². The minimum absolute atomic E-state index is 0.000518. The van der Waals surface area contributed by atoms with Gasteiger partial charge in [0.1, 0.15) is 12.4 Å². The molecule has 0 saturated carbocycles. The monoisotopic (exact) mass is 765 g/mol. The maximum absolute atomic E-state index is 12.6. The molecule has 13 heteroatoms. The molecule has 3 aromatic carbocycles. The fourth-order valence-corrected chi connectivity index (χ4v) is 8.08. The van der Waals surface area contributed by atoms with E-state index in [2.05, 4.69) is 106 Å². The molecule has 0 spiro atoms. The highest BCUT2D eigenvalue weighted by Gasteiger charge is 2.40. The van der Waals surface area contributed by atoms with E-state index in [0.29, 0.717) is 18.9 Å². The van der Waals surface area contributed by atoms with Gasteiger partial charge in [0.25, 0.3) is 11.7 Å². The zero-order valence-electron chi connectivity index (χ0n) is 32.7. The summed E-state index contributed by atoms with van der Waals surface area (Å²) in [6.07, 6.45) is 7.40. The van der Waals surface area contributed by atoms with E-state index in [9.17, 15) is 14.4 Å². The third-order valence-electron chi connectivity index (χ3n) is 11.4. The molecule has 0 bridgehead atoms. The fraction of sp³-hybridized carbons (Fsp3) is 0.341. The van der Waals surface area contributed by atoms with Gasteiger partial charge in [0.05, 0.1) is 11.2 Å². The Morgan fingerprint density at radius 3 is 2.47 bits per heavy atom. The van der Waals surface area contributed by atoms with Crippen molar-refractivity contribution in [1.29, 1.82) is 0 Å². The van der Waals surface area contributed by atoms with Crippen LogP contribution in [0.25, 0.3) is 27.9 Å². The van der Waals surface area contributed by atoms with Gasteiger partial charge in [0.15, 0.2) is 0 Å². The summed E-state index contributed by atoms with van der Waals surface area (Å²) in [6.45, 7) is 11.4. The second-order valence-corrected chi connectivity index (χ2v) is 16.3. The number of amides is 3. The number of anilines is 1. The number of aromatic nitrogens is 5. The van der Waals surface area contributed by atoms with Gasteiger partial charge in [0, 0.05) is 42.0 Å². The van der Waals surface area contributed by atoms with Gasteiger partial charge in [-0.25, -0.2) is 9.50 Å². The maximum atomic E-state index is 12.6. The molecule has 292 valence electrons. The summed E-state index contributed by atoms with van der Waals surface area (Å²) in [5, 5.41) is 16.9. The van der Waals surface area contributed by atoms with E-state index in [0.717, 1.165) is 83.6 Å². The first-order chi connectivity index (χ1) is 27.5. The highest BCUT2D eigenvalue weighted by atomic mass is 16.5. The second-order valence-electron chi connectivity index (χ2n) is 16.3. The Morgan fingerprint density at radius 1 is 0.930 bits per heavy atom. The summed E-state index contributed by atoms with van der Waals surface area (Å²) in [5.41, 5.74) is 10.1. The molecule has 2 unspecified atom stereocenters. The Balaban J connectivity index is 0.877. The highest BCUT2D eigenvalue weighted by molar-refractivity contribution is 6.02. The largest absolute Gasteiger partial charge is 0.374 e. The summed E-state index contributed by atoms with van der Waals surface area (Å²) in [5.74, 6) is -0.573. The van der Waals surface area contributed by atoms with Gasteiger partial charge in [-0.1, -0.05) is 68.4 Å². The summed E-state index contributed by atoms with van der Waals surface area (Å²) >= 11 is 0. The molecular weight excluding hydrogens is 719 g/mol. The van der Waals surface area contributed by atoms with Crippen LogP contribution >= 0.6 is 0 Å². The molecule has 57 heavy (non-hydrogen) atoms. The molecular formula is C44H47N9O4. The number of nitrogens with zero attached hydrogens (tertiary/aromatic N) is 6. The topological polar surface area (TPSA) is 160 Å². The summed E-state index contributed by atoms with van der Waals surface area (Å²) in [7, 11) is 0. The van der Waals surface area contributed by atoms with E-state index in [4.69, 9.17) is 0 Å². The predicted octanol–water partition coefficient (Wildman–Crippen LogP) is 6.55. The van der Waals surface area contributed by atoms with Crippen LogP contribution in [0.15, 0.2) is 96.2 Å². The van der Waals surface area contributed by atoms with E-state index in [1.165, 1.54) is 11.1 Å². The molecule has 0 aliphatic carbocycles. The van der Waals surface area contributed by atoms with Gasteiger partial charge in [-0.3, -0.25) is 24.6 Å². The smallest absolute Gasteiger partial charge is 0.292 e. The lowest BCUT2D eigenvalue weighted by molar-refractivity contribution is -0.139. The van der Waals surface area contributed by atoms with Gasteiger partial charge >= 0.3 is 0 Å². The molecule has 3 amide bonds. The minimum Gasteiger partial charge on any atom is -0.374 e. The average Bonchev–Trinajstić information content (AvgIpc) is 3.90. The Kier molecular flexibility index (Phi) is 10.4. The average molecular weight is 766 g/mol. The van der Waals surface area contributed by atoms with Crippen molar-refractivity contribution in [1.82, 2.24) is 40.3 Å². The Hall–Kier alpha value is -6.21. The van der Waals surface area contributed by atoms with Crippen LogP contribution in [0.4, 0.5) is 5.69 Å². The number of imide groups is 1. The number of hydrogen-bond donors (Lipinski definition) is 3. The lowest BCUT2D eigenvalue weighted by Gasteiger charge is -2.36. The van der Waals surface area contributed by atoms with Gasteiger partial charge in [0.2, 0.25) is 18.2 Å². The van der Waals surface area contributed by atoms with Gasteiger partial charge < -0.3 is 15.2 Å². The van der Waals surface area contributed by atoms with E-state index in [1.54, 1.807) is 6.33 Å². The molecule has 2 atom stereocenters. The van der Waals surface area contributed by atoms with Crippen molar-refractivity contribution >= 4 is 28.9 Å². The van der Waals surface area contributed by atoms with Crippen LogP contribution in [-0.4, -0.2) is 66.5 Å². The number of carbonyl (C=O) groups excluding carboxylic acids is 3. The number of likely N-dealkylation sites (tertiary alicyclic amines) is 1. The molecule has 6 aromatic rings. The number of rotatable bonds is 10. The third-order valence-corrected chi connectivity index (χ3v) is 11.4. The fourth-order valence-electron chi connectivity index (χ4n) is 8.08. The number of carbonyl (C=O) groups is 3. The first kappa shape index (κ1) is 37.7. The zero-order chi connectivity index (χ0) is 39.7. The van der Waals surface area contributed by atoms with Crippen LogP contribution in [0.5, 0.6) is 0 Å². The standard InChI is InChI=1S/C44H47N9O4/c1-27-18-32(8-9-33(27)22-45-43(56)40-47-26-57-51-40)39-38-20-34(24-53(38)48-25-46-39)31-7-5-6-28(19-31)23-52-16-14-30(15-17-52)29-10-12-35(13-11-29)49-37-21-36(44(2,3)4)41(54)50-42(37)55/h5-13,18-20,24-26,30,36-37,49H,14-17,21-23H2,1-4H3,(H,45,56)(H,50,54,55). The molecule has 3 aromatic heterocycles. The quantitative estimate of drug-likeness (QED) is 0.131. The lowest BCUT2D eigenvalue weighted by Crippen LogP contribution is -2.54. The number of hydrogen-bond acceptors (Lipinski definition) is 10. The molecule has 8 rings (SSSR count). The van der Waals surface area contributed by atoms with Crippen molar-refractivity contribution in [2.45, 2.75) is 72.0 Å². The van der Waals surface area contributed by atoms with Crippen molar-refractivity contribution in [2.24, 2.45) is 11.3 Å². The number of aryl methyl sites for hydroxylation is 1.